The smallest absolute Gasteiger partial charge is 0.267 e. The predicted octanol–water partition coefficient (Wildman–Crippen LogP) is 1.77. The molecule has 1 amide bonds. The van der Waals surface area contributed by atoms with Crippen LogP contribution in [-0.2, 0) is 4.79 Å². The van der Waals surface area contributed by atoms with Gasteiger partial charge in [0.05, 0.1) is 11.2 Å². The van der Waals surface area contributed by atoms with Crippen LogP contribution in [0, 0.1) is 11.8 Å². The van der Waals surface area contributed by atoms with E-state index < -0.39 is 5.60 Å². The van der Waals surface area contributed by atoms with Gasteiger partial charge in [-0.2, -0.15) is 0 Å². The highest BCUT2D eigenvalue weighted by Gasteiger charge is 2.43. The topological polar surface area (TPSA) is 105 Å². The first kappa shape index (κ1) is 18.6. The van der Waals surface area contributed by atoms with Gasteiger partial charge >= 0.3 is 0 Å². The van der Waals surface area contributed by atoms with Gasteiger partial charge in [0.2, 0.25) is 5.60 Å². The third kappa shape index (κ3) is 3.53. The van der Waals surface area contributed by atoms with E-state index in [1.165, 1.54) is 6.33 Å². The third-order valence-electron chi connectivity index (χ3n) is 4.82. The summed E-state index contributed by atoms with van der Waals surface area (Å²) in [6.45, 7) is 4.49. The van der Waals surface area contributed by atoms with E-state index in [2.05, 4.69) is 33.4 Å². The molecule has 1 aromatic carbocycles. The molecule has 2 aromatic heterocycles. The van der Waals surface area contributed by atoms with Crippen LogP contribution >= 0.6 is 0 Å². The van der Waals surface area contributed by atoms with Crippen LogP contribution < -0.4 is 5.73 Å². The Morgan fingerprint density at radius 1 is 1.31 bits per heavy atom. The summed E-state index contributed by atoms with van der Waals surface area (Å²) in [6.07, 6.45) is 3.31. The molecule has 1 aliphatic heterocycles. The SMILES string of the molecule is C=CCN1CCC(O)(C#Cc2cccc(-c3ccc4ncnc(N)c4n3)c2)C1=O. The van der Waals surface area contributed by atoms with Gasteiger partial charge in [0, 0.05) is 30.6 Å². The molecule has 3 aromatic rings. The largest absolute Gasteiger partial charge is 0.382 e. The lowest BCUT2D eigenvalue weighted by atomic mass is 10.0. The molecular formula is C22H19N5O2. The molecule has 1 saturated heterocycles. The molecule has 3 N–H and O–H groups in total. The van der Waals surface area contributed by atoms with Crippen molar-refractivity contribution in [3.63, 3.8) is 0 Å². The van der Waals surface area contributed by atoms with Crippen LogP contribution in [0.5, 0.6) is 0 Å². The highest BCUT2D eigenvalue weighted by atomic mass is 16.3. The second kappa shape index (κ2) is 7.34. The summed E-state index contributed by atoms with van der Waals surface area (Å²) in [4.78, 5) is 26.6. The number of anilines is 1. The number of nitrogens with two attached hydrogens (primary N) is 1. The maximum Gasteiger partial charge on any atom is 0.267 e. The molecule has 4 rings (SSSR count). The van der Waals surface area contributed by atoms with E-state index in [4.69, 9.17) is 5.73 Å². The van der Waals surface area contributed by atoms with Gasteiger partial charge in [-0.15, -0.1) is 6.58 Å². The summed E-state index contributed by atoms with van der Waals surface area (Å²) in [7, 11) is 0. The summed E-state index contributed by atoms with van der Waals surface area (Å²) in [6, 6.07) is 11.1. The van der Waals surface area contributed by atoms with E-state index in [9.17, 15) is 9.90 Å². The van der Waals surface area contributed by atoms with Crippen LogP contribution in [0.15, 0.2) is 55.4 Å². The number of aromatic nitrogens is 3. The lowest BCUT2D eigenvalue weighted by Gasteiger charge is -2.16. The number of rotatable bonds is 3. The van der Waals surface area contributed by atoms with E-state index in [0.29, 0.717) is 41.2 Å². The van der Waals surface area contributed by atoms with Crippen LogP contribution in [0.25, 0.3) is 22.3 Å². The molecule has 1 fully saturated rings. The molecule has 1 aliphatic rings. The van der Waals surface area contributed by atoms with Crippen LogP contribution in [0.2, 0.25) is 0 Å². The van der Waals surface area contributed by atoms with Crippen molar-refractivity contribution >= 4 is 22.8 Å². The minimum absolute atomic E-state index is 0.276. The standard InChI is InChI=1S/C22H19N5O2/c1-2-11-27-12-10-22(29,21(27)28)9-8-15-4-3-5-16(13-15)17-6-7-18-19(26-17)20(23)25-14-24-18/h2-7,13-14,29H,1,10-12H2,(H2,23,24,25). The Hall–Kier alpha value is -3.76. The Balaban J connectivity index is 1.64. The van der Waals surface area contributed by atoms with Gasteiger partial charge in [-0.05, 0) is 24.3 Å². The van der Waals surface area contributed by atoms with Gasteiger partial charge in [-0.1, -0.05) is 30.0 Å². The number of fused-ring (bicyclic) bond motifs is 1. The number of carbonyl (C=O) groups excluding carboxylic acids is 1. The second-order valence-corrected chi connectivity index (χ2v) is 6.80. The Kier molecular flexibility index (Phi) is 4.71. The monoisotopic (exact) mass is 385 g/mol. The zero-order valence-electron chi connectivity index (χ0n) is 15.7. The fraction of sp³-hybridized carbons (Fsp3) is 0.182. The summed E-state index contributed by atoms with van der Waals surface area (Å²) >= 11 is 0. The zero-order valence-corrected chi connectivity index (χ0v) is 15.7. The number of benzene rings is 1. The van der Waals surface area contributed by atoms with Crippen molar-refractivity contribution in [2.24, 2.45) is 0 Å². The molecule has 1 unspecified atom stereocenters. The Bertz CT molecular complexity index is 1180. The predicted molar refractivity (Wildman–Crippen MR) is 110 cm³/mol. The summed E-state index contributed by atoms with van der Waals surface area (Å²) in [5.41, 5.74) is 7.66. The van der Waals surface area contributed by atoms with Crippen LogP contribution in [0.4, 0.5) is 5.82 Å². The minimum atomic E-state index is -1.66. The summed E-state index contributed by atoms with van der Waals surface area (Å²) < 4.78 is 0. The van der Waals surface area contributed by atoms with Gasteiger partial charge in [-0.25, -0.2) is 15.0 Å². The first-order valence-corrected chi connectivity index (χ1v) is 9.14. The average Bonchev–Trinajstić information content (AvgIpc) is 3.02. The molecule has 0 radical (unpaired) electrons. The summed E-state index contributed by atoms with van der Waals surface area (Å²) in [5.74, 6) is 5.61. The van der Waals surface area contributed by atoms with Crippen LogP contribution in [0.1, 0.15) is 12.0 Å². The quantitative estimate of drug-likeness (QED) is 0.526. The number of nitrogens with zero attached hydrogens (tertiary/aromatic N) is 4. The Labute approximate surface area is 167 Å². The van der Waals surface area contributed by atoms with Crippen molar-refractivity contribution < 1.29 is 9.90 Å². The van der Waals surface area contributed by atoms with Gasteiger partial charge in [0.25, 0.3) is 5.91 Å². The highest BCUT2D eigenvalue weighted by Crippen LogP contribution is 2.24. The number of hydrogen-bond acceptors (Lipinski definition) is 6. The summed E-state index contributed by atoms with van der Waals surface area (Å²) in [5, 5.41) is 10.6. The van der Waals surface area contributed by atoms with Gasteiger partial charge < -0.3 is 15.7 Å². The highest BCUT2D eigenvalue weighted by molar-refractivity contribution is 5.91. The van der Waals surface area contributed by atoms with E-state index >= 15 is 0 Å². The van der Waals surface area contributed by atoms with Crippen LogP contribution in [-0.4, -0.2) is 49.6 Å². The molecule has 144 valence electrons. The minimum Gasteiger partial charge on any atom is -0.382 e. The molecule has 0 saturated carbocycles. The molecule has 0 spiro atoms. The van der Waals surface area contributed by atoms with Gasteiger partial charge in [0.15, 0.2) is 5.82 Å². The molecule has 7 nitrogen and oxygen atoms in total. The zero-order chi connectivity index (χ0) is 20.4. The fourth-order valence-electron chi connectivity index (χ4n) is 3.26. The number of likely N-dealkylation sites (tertiary alicyclic amines) is 1. The van der Waals surface area contributed by atoms with E-state index in [-0.39, 0.29) is 12.3 Å². The molecule has 1 atom stereocenters. The first-order chi connectivity index (χ1) is 14.0. The average molecular weight is 385 g/mol. The van der Waals surface area contributed by atoms with Crippen molar-refractivity contribution in [3.8, 4) is 23.1 Å². The Morgan fingerprint density at radius 2 is 2.17 bits per heavy atom. The first-order valence-electron chi connectivity index (χ1n) is 9.14. The molecule has 3 heterocycles. The van der Waals surface area contributed by atoms with Crippen molar-refractivity contribution in [2.45, 2.75) is 12.0 Å². The van der Waals surface area contributed by atoms with Crippen LogP contribution in [0.3, 0.4) is 0 Å². The lowest BCUT2D eigenvalue weighted by molar-refractivity contribution is -0.138. The molecular weight excluding hydrogens is 366 g/mol. The van der Waals surface area contributed by atoms with E-state index in [1.54, 1.807) is 11.0 Å². The molecule has 0 bridgehead atoms. The number of nitrogen functional groups attached to an aromatic ring is 1. The van der Waals surface area contributed by atoms with E-state index in [1.807, 2.05) is 36.4 Å². The normalized spacial score (nSPS) is 18.5. The van der Waals surface area contributed by atoms with Crippen molar-refractivity contribution in [1.82, 2.24) is 19.9 Å². The maximum atomic E-state index is 12.4. The number of amides is 1. The van der Waals surface area contributed by atoms with Crippen molar-refractivity contribution in [1.29, 1.82) is 0 Å². The lowest BCUT2D eigenvalue weighted by Crippen LogP contribution is -2.38. The third-order valence-corrected chi connectivity index (χ3v) is 4.82. The number of hydrogen-bond donors (Lipinski definition) is 2. The molecule has 29 heavy (non-hydrogen) atoms. The number of pyridine rings is 1. The van der Waals surface area contributed by atoms with E-state index in [0.717, 1.165) is 5.56 Å². The fourth-order valence-corrected chi connectivity index (χ4v) is 3.26. The maximum absolute atomic E-state index is 12.4. The molecule has 0 aliphatic carbocycles. The molecule has 7 heteroatoms. The van der Waals surface area contributed by atoms with Gasteiger partial charge in [0.1, 0.15) is 11.8 Å². The van der Waals surface area contributed by atoms with Crippen molar-refractivity contribution in [2.75, 3.05) is 18.8 Å². The van der Waals surface area contributed by atoms with Crippen molar-refractivity contribution in [3.05, 3.63) is 60.9 Å². The number of aliphatic hydroxyl groups is 1. The Morgan fingerprint density at radius 3 is 3.00 bits per heavy atom. The number of carbonyl (C=O) groups is 1. The van der Waals surface area contributed by atoms with Gasteiger partial charge in [-0.3, -0.25) is 4.79 Å². The second-order valence-electron chi connectivity index (χ2n) is 6.80.